The van der Waals surface area contributed by atoms with Crippen molar-refractivity contribution in [2.75, 3.05) is 37.4 Å². The van der Waals surface area contributed by atoms with Crippen LogP contribution >= 0.6 is 0 Å². The molecule has 3 aromatic rings. The molecule has 2 amide bonds. The SMILES string of the molecule is CNC(=O)C(Cc1ccccc1)N(Cc1ccccc1F)C(=O)CN(c1ccc2c(c1)OCCO2)S(C)(=O)=O. The highest BCUT2D eigenvalue weighted by molar-refractivity contribution is 7.92. The van der Waals surface area contributed by atoms with E-state index in [2.05, 4.69) is 5.32 Å². The smallest absolute Gasteiger partial charge is 0.244 e. The lowest BCUT2D eigenvalue weighted by Gasteiger charge is -2.33. The van der Waals surface area contributed by atoms with Crippen molar-refractivity contribution < 1.29 is 31.9 Å². The second kappa shape index (κ2) is 12.2. The summed E-state index contributed by atoms with van der Waals surface area (Å²) in [6.45, 7) is -0.184. The van der Waals surface area contributed by atoms with Crippen LogP contribution in [0.4, 0.5) is 10.1 Å². The van der Waals surface area contributed by atoms with Gasteiger partial charge in [0.25, 0.3) is 0 Å². The maximum Gasteiger partial charge on any atom is 0.244 e. The molecule has 4 rings (SSSR count). The maximum atomic E-state index is 14.7. The van der Waals surface area contributed by atoms with Gasteiger partial charge in [0.1, 0.15) is 31.6 Å². The van der Waals surface area contributed by atoms with Crippen LogP contribution in [0.15, 0.2) is 72.8 Å². The molecule has 0 saturated heterocycles. The second-order valence-corrected chi connectivity index (χ2v) is 10.9. The number of benzene rings is 3. The molecule has 0 radical (unpaired) electrons. The zero-order chi connectivity index (χ0) is 28.0. The summed E-state index contributed by atoms with van der Waals surface area (Å²) < 4.78 is 52.5. The quantitative estimate of drug-likeness (QED) is 0.413. The lowest BCUT2D eigenvalue weighted by molar-refractivity contribution is -0.139. The van der Waals surface area contributed by atoms with Crippen molar-refractivity contribution in [1.82, 2.24) is 10.2 Å². The van der Waals surface area contributed by atoms with Gasteiger partial charge in [-0.25, -0.2) is 12.8 Å². The van der Waals surface area contributed by atoms with Crippen molar-refractivity contribution in [2.45, 2.75) is 19.0 Å². The van der Waals surface area contributed by atoms with E-state index in [-0.39, 0.29) is 24.2 Å². The molecular formula is C28H30FN3O6S. The van der Waals surface area contributed by atoms with Crippen molar-refractivity contribution in [1.29, 1.82) is 0 Å². The summed E-state index contributed by atoms with van der Waals surface area (Å²) in [6.07, 6.45) is 1.13. The first-order valence-electron chi connectivity index (χ1n) is 12.3. The molecular weight excluding hydrogens is 525 g/mol. The van der Waals surface area contributed by atoms with E-state index in [0.717, 1.165) is 16.1 Å². The molecule has 0 aromatic heterocycles. The fraction of sp³-hybridized carbons (Fsp3) is 0.286. The van der Waals surface area contributed by atoms with E-state index in [1.165, 1.54) is 42.3 Å². The van der Waals surface area contributed by atoms with E-state index in [9.17, 15) is 22.4 Å². The van der Waals surface area contributed by atoms with Gasteiger partial charge in [-0.2, -0.15) is 0 Å². The molecule has 9 nitrogen and oxygen atoms in total. The molecule has 0 aliphatic carbocycles. The monoisotopic (exact) mass is 555 g/mol. The third-order valence-electron chi connectivity index (χ3n) is 6.31. The van der Waals surface area contributed by atoms with Crippen LogP contribution in [0.1, 0.15) is 11.1 Å². The van der Waals surface area contributed by atoms with Crippen LogP contribution in [-0.4, -0.2) is 64.2 Å². The molecule has 11 heteroatoms. The standard InChI is InChI=1S/C28H30FN3O6S/c1-30-28(34)24(16-20-8-4-3-5-9-20)31(18-21-10-6-7-11-23(21)29)27(33)19-32(39(2,35)36)22-12-13-25-26(17-22)38-15-14-37-25/h3-13,17,24H,14-16,18-19H2,1-2H3,(H,30,34). The summed E-state index contributed by atoms with van der Waals surface area (Å²) in [5.74, 6) is -0.863. The predicted octanol–water partition coefficient (Wildman–Crippen LogP) is 2.75. The van der Waals surface area contributed by atoms with Gasteiger partial charge in [0.15, 0.2) is 11.5 Å². The van der Waals surface area contributed by atoms with Crippen molar-refractivity contribution in [3.05, 3.63) is 89.7 Å². The largest absolute Gasteiger partial charge is 0.486 e. The lowest BCUT2D eigenvalue weighted by Crippen LogP contribution is -2.53. The predicted molar refractivity (Wildman–Crippen MR) is 145 cm³/mol. The first kappa shape index (κ1) is 27.9. The zero-order valence-electron chi connectivity index (χ0n) is 21.7. The van der Waals surface area contributed by atoms with Crippen molar-refractivity contribution in [2.24, 2.45) is 0 Å². The number of likely N-dealkylation sites (N-methyl/N-ethyl adjacent to an activating group) is 1. The van der Waals surface area contributed by atoms with E-state index in [0.29, 0.717) is 24.7 Å². The fourth-order valence-corrected chi connectivity index (χ4v) is 5.17. The van der Waals surface area contributed by atoms with Gasteiger partial charge in [0.2, 0.25) is 21.8 Å². The number of halogens is 1. The second-order valence-electron chi connectivity index (χ2n) is 9.03. The minimum absolute atomic E-state index is 0.142. The van der Waals surface area contributed by atoms with Gasteiger partial charge in [0, 0.05) is 31.6 Å². The Bertz CT molecular complexity index is 1430. The van der Waals surface area contributed by atoms with Crippen LogP contribution in [0.3, 0.4) is 0 Å². The van der Waals surface area contributed by atoms with Crippen molar-refractivity contribution in [3.8, 4) is 11.5 Å². The summed E-state index contributed by atoms with van der Waals surface area (Å²) in [7, 11) is -2.50. The van der Waals surface area contributed by atoms with Gasteiger partial charge in [0.05, 0.1) is 11.9 Å². The Kier molecular flexibility index (Phi) is 8.70. The molecule has 1 N–H and O–H groups in total. The van der Waals surface area contributed by atoms with E-state index >= 15 is 0 Å². The molecule has 0 fully saturated rings. The molecule has 1 heterocycles. The maximum absolute atomic E-state index is 14.7. The average molecular weight is 556 g/mol. The Balaban J connectivity index is 1.72. The average Bonchev–Trinajstić information content (AvgIpc) is 2.93. The number of hydrogen-bond acceptors (Lipinski definition) is 6. The van der Waals surface area contributed by atoms with Crippen LogP contribution in [0, 0.1) is 5.82 Å². The lowest BCUT2D eigenvalue weighted by atomic mass is 10.0. The Morgan fingerprint density at radius 1 is 0.974 bits per heavy atom. The van der Waals surface area contributed by atoms with Crippen LogP contribution < -0.4 is 19.1 Å². The number of nitrogens with zero attached hydrogens (tertiary/aromatic N) is 2. The molecule has 1 aliphatic heterocycles. The van der Waals surface area contributed by atoms with E-state index < -0.39 is 40.2 Å². The molecule has 1 aliphatic rings. The molecule has 0 spiro atoms. The number of amides is 2. The number of sulfonamides is 1. The summed E-state index contributed by atoms with van der Waals surface area (Å²) >= 11 is 0. The van der Waals surface area contributed by atoms with Gasteiger partial charge in [-0.1, -0.05) is 48.5 Å². The number of fused-ring (bicyclic) bond motifs is 1. The molecule has 1 atom stereocenters. The third kappa shape index (κ3) is 6.85. The number of carbonyl (C=O) groups excluding carboxylic acids is 2. The topological polar surface area (TPSA) is 105 Å². The van der Waals surface area contributed by atoms with Crippen molar-refractivity contribution >= 4 is 27.5 Å². The first-order chi connectivity index (χ1) is 18.7. The van der Waals surface area contributed by atoms with Crippen LogP contribution in [0.5, 0.6) is 11.5 Å². The summed E-state index contributed by atoms with van der Waals surface area (Å²) in [4.78, 5) is 28.2. The van der Waals surface area contributed by atoms with E-state index in [1.54, 1.807) is 12.1 Å². The Morgan fingerprint density at radius 3 is 2.31 bits per heavy atom. The number of rotatable bonds is 10. The van der Waals surface area contributed by atoms with Crippen LogP contribution in [-0.2, 0) is 32.6 Å². The third-order valence-corrected chi connectivity index (χ3v) is 7.45. The molecule has 0 saturated carbocycles. The van der Waals surface area contributed by atoms with Gasteiger partial charge in [-0.3, -0.25) is 13.9 Å². The molecule has 0 bridgehead atoms. The minimum atomic E-state index is -3.95. The van der Waals surface area contributed by atoms with E-state index in [4.69, 9.17) is 9.47 Å². The zero-order valence-corrected chi connectivity index (χ0v) is 22.5. The number of hydrogen-bond donors (Lipinski definition) is 1. The molecule has 3 aromatic carbocycles. The number of nitrogens with one attached hydrogen (secondary N) is 1. The van der Waals surface area contributed by atoms with Crippen LogP contribution in [0.2, 0.25) is 0 Å². The highest BCUT2D eigenvalue weighted by Gasteiger charge is 2.33. The summed E-state index contributed by atoms with van der Waals surface area (Å²) in [5, 5.41) is 2.58. The Morgan fingerprint density at radius 2 is 1.64 bits per heavy atom. The van der Waals surface area contributed by atoms with Gasteiger partial charge in [-0.05, 0) is 23.8 Å². The van der Waals surface area contributed by atoms with E-state index in [1.807, 2.05) is 30.3 Å². The number of ether oxygens (including phenoxy) is 2. The fourth-order valence-electron chi connectivity index (χ4n) is 4.33. The highest BCUT2D eigenvalue weighted by atomic mass is 32.2. The minimum Gasteiger partial charge on any atom is -0.486 e. The van der Waals surface area contributed by atoms with Gasteiger partial charge in [-0.15, -0.1) is 0 Å². The number of carbonyl (C=O) groups is 2. The summed E-state index contributed by atoms with van der Waals surface area (Å²) in [6, 6.07) is 18.6. The Hall–Kier alpha value is -4.12. The van der Waals surface area contributed by atoms with Gasteiger partial charge < -0.3 is 19.7 Å². The summed E-state index contributed by atoms with van der Waals surface area (Å²) in [5.41, 5.74) is 1.17. The van der Waals surface area contributed by atoms with Crippen molar-refractivity contribution in [3.63, 3.8) is 0 Å². The molecule has 1 unspecified atom stereocenters. The molecule has 206 valence electrons. The highest BCUT2D eigenvalue weighted by Crippen LogP contribution is 2.34. The van der Waals surface area contributed by atoms with Gasteiger partial charge >= 0.3 is 0 Å². The first-order valence-corrected chi connectivity index (χ1v) is 14.2. The molecule has 39 heavy (non-hydrogen) atoms. The van der Waals surface area contributed by atoms with Crippen LogP contribution in [0.25, 0.3) is 0 Å². The Labute approximate surface area is 227 Å². The number of anilines is 1. The normalized spacial score (nSPS) is 13.3.